The number of carboxylic acids is 1. The number of rotatable bonds is 2. The molecule has 0 saturated heterocycles. The first kappa shape index (κ1) is 12.1. The normalized spacial score (nSPS) is 9.78. The van der Waals surface area contributed by atoms with E-state index in [1.165, 1.54) is 12.3 Å². The minimum atomic E-state index is -1.03. The van der Waals surface area contributed by atoms with Crippen LogP contribution in [0.5, 0.6) is 0 Å². The first-order chi connectivity index (χ1) is 8.61. The summed E-state index contributed by atoms with van der Waals surface area (Å²) in [6.45, 7) is 0. The molecule has 88 valence electrons. The van der Waals surface area contributed by atoms with Crippen LogP contribution in [0.1, 0.15) is 15.9 Å². The van der Waals surface area contributed by atoms with Gasteiger partial charge in [0.05, 0.1) is 21.8 Å². The lowest BCUT2D eigenvalue weighted by Gasteiger charge is -2.03. The van der Waals surface area contributed by atoms with Crippen LogP contribution in [-0.4, -0.2) is 16.1 Å². The Morgan fingerprint density at radius 1 is 1.33 bits per heavy atom. The van der Waals surface area contributed by atoms with E-state index in [1.807, 2.05) is 6.07 Å². The average molecular weight is 259 g/mol. The maximum absolute atomic E-state index is 10.7. The lowest BCUT2D eigenvalue weighted by atomic mass is 10.1. The van der Waals surface area contributed by atoms with Gasteiger partial charge in [0, 0.05) is 11.8 Å². The lowest BCUT2D eigenvalue weighted by Crippen LogP contribution is -1.97. The van der Waals surface area contributed by atoms with Crippen LogP contribution in [0.15, 0.2) is 36.5 Å². The zero-order valence-corrected chi connectivity index (χ0v) is 9.85. The van der Waals surface area contributed by atoms with E-state index in [1.54, 1.807) is 24.3 Å². The van der Waals surface area contributed by atoms with E-state index < -0.39 is 5.97 Å². The molecule has 2 rings (SSSR count). The predicted molar refractivity (Wildman–Crippen MR) is 66.4 cm³/mol. The summed E-state index contributed by atoms with van der Waals surface area (Å²) >= 11 is 5.83. The lowest BCUT2D eigenvalue weighted by molar-refractivity contribution is 0.0696. The smallest absolute Gasteiger partial charge is 0.337 e. The molecule has 1 heterocycles. The molecule has 0 radical (unpaired) electrons. The molecule has 1 aromatic heterocycles. The Bertz CT molecular complexity index is 645. The molecule has 0 fully saturated rings. The van der Waals surface area contributed by atoms with Gasteiger partial charge in [0.1, 0.15) is 6.07 Å². The van der Waals surface area contributed by atoms with Gasteiger partial charge in [-0.2, -0.15) is 5.26 Å². The zero-order valence-electron chi connectivity index (χ0n) is 9.09. The Hall–Kier alpha value is -2.38. The van der Waals surface area contributed by atoms with Crippen LogP contribution < -0.4 is 0 Å². The Labute approximate surface area is 108 Å². The van der Waals surface area contributed by atoms with Gasteiger partial charge in [-0.05, 0) is 24.3 Å². The number of pyridine rings is 1. The maximum Gasteiger partial charge on any atom is 0.337 e. The van der Waals surface area contributed by atoms with Crippen LogP contribution in [0.25, 0.3) is 11.3 Å². The number of halogens is 1. The summed E-state index contributed by atoms with van der Waals surface area (Å²) in [6, 6.07) is 9.99. The predicted octanol–water partition coefficient (Wildman–Crippen LogP) is 2.97. The highest BCUT2D eigenvalue weighted by atomic mass is 35.5. The van der Waals surface area contributed by atoms with Gasteiger partial charge in [-0.1, -0.05) is 17.7 Å². The molecule has 1 N–H and O–H groups in total. The summed E-state index contributed by atoms with van der Waals surface area (Å²) in [5, 5.41) is 18.0. The first-order valence-corrected chi connectivity index (χ1v) is 5.39. The molecular formula is C13H7ClN2O2. The monoisotopic (exact) mass is 258 g/mol. The van der Waals surface area contributed by atoms with Crippen molar-refractivity contribution in [2.45, 2.75) is 0 Å². The van der Waals surface area contributed by atoms with E-state index in [0.29, 0.717) is 21.8 Å². The van der Waals surface area contributed by atoms with Crippen molar-refractivity contribution in [3.8, 4) is 17.3 Å². The number of hydrogen-bond donors (Lipinski definition) is 1. The topological polar surface area (TPSA) is 74.0 Å². The van der Waals surface area contributed by atoms with E-state index in [0.717, 1.165) is 0 Å². The van der Waals surface area contributed by atoms with Crippen LogP contribution in [0, 0.1) is 11.3 Å². The van der Waals surface area contributed by atoms with Crippen LogP contribution >= 0.6 is 11.6 Å². The van der Waals surface area contributed by atoms with Crippen molar-refractivity contribution in [2.24, 2.45) is 0 Å². The van der Waals surface area contributed by atoms with Crippen molar-refractivity contribution in [1.82, 2.24) is 4.98 Å². The van der Waals surface area contributed by atoms with Crippen molar-refractivity contribution in [2.75, 3.05) is 0 Å². The number of aromatic nitrogens is 1. The third-order valence-corrected chi connectivity index (χ3v) is 2.72. The van der Waals surface area contributed by atoms with Gasteiger partial charge >= 0.3 is 5.97 Å². The van der Waals surface area contributed by atoms with E-state index in [9.17, 15) is 4.79 Å². The van der Waals surface area contributed by atoms with Crippen LogP contribution in [-0.2, 0) is 0 Å². The third kappa shape index (κ3) is 2.31. The van der Waals surface area contributed by atoms with E-state index >= 15 is 0 Å². The van der Waals surface area contributed by atoms with Crippen molar-refractivity contribution >= 4 is 17.6 Å². The van der Waals surface area contributed by atoms with Gasteiger partial charge < -0.3 is 5.11 Å². The van der Waals surface area contributed by atoms with Gasteiger partial charge in [-0.25, -0.2) is 4.79 Å². The summed E-state index contributed by atoms with van der Waals surface area (Å²) in [7, 11) is 0. The Balaban J connectivity index is 2.43. The first-order valence-electron chi connectivity index (χ1n) is 5.01. The fourth-order valence-corrected chi connectivity index (χ4v) is 1.62. The zero-order chi connectivity index (χ0) is 13.1. The van der Waals surface area contributed by atoms with Crippen molar-refractivity contribution in [3.63, 3.8) is 0 Å². The minimum absolute atomic E-state index is 0.119. The molecule has 1 aromatic carbocycles. The second-order valence-corrected chi connectivity index (χ2v) is 3.95. The molecule has 0 aliphatic rings. The van der Waals surface area contributed by atoms with Crippen molar-refractivity contribution in [1.29, 1.82) is 5.26 Å². The quantitative estimate of drug-likeness (QED) is 0.899. The third-order valence-electron chi connectivity index (χ3n) is 2.39. The van der Waals surface area contributed by atoms with E-state index in [-0.39, 0.29) is 5.56 Å². The molecule has 2 aromatic rings. The number of nitriles is 1. The number of aromatic carboxylic acids is 1. The number of hydrogen-bond acceptors (Lipinski definition) is 3. The molecular weight excluding hydrogens is 252 g/mol. The van der Waals surface area contributed by atoms with Gasteiger partial charge in [-0.15, -0.1) is 0 Å². The SMILES string of the molecule is N#Cc1cc(-c2ccc(C(=O)O)cn2)ccc1Cl. The molecule has 5 heteroatoms. The summed E-state index contributed by atoms with van der Waals surface area (Å²) in [6.07, 6.45) is 1.28. The van der Waals surface area contributed by atoms with Gasteiger partial charge in [0.2, 0.25) is 0 Å². The summed E-state index contributed by atoms with van der Waals surface area (Å²) in [4.78, 5) is 14.7. The Kier molecular flexibility index (Phi) is 3.26. The fourth-order valence-electron chi connectivity index (χ4n) is 1.46. The second-order valence-electron chi connectivity index (χ2n) is 3.54. The molecule has 0 unspecified atom stereocenters. The maximum atomic E-state index is 10.7. The molecule has 0 aliphatic carbocycles. The number of nitrogens with zero attached hydrogens (tertiary/aromatic N) is 2. The van der Waals surface area contributed by atoms with Crippen molar-refractivity contribution < 1.29 is 9.90 Å². The number of carbonyl (C=O) groups is 1. The largest absolute Gasteiger partial charge is 0.478 e. The van der Waals surface area contributed by atoms with E-state index in [2.05, 4.69) is 4.98 Å². The molecule has 0 saturated carbocycles. The molecule has 0 spiro atoms. The molecule has 4 nitrogen and oxygen atoms in total. The van der Waals surface area contributed by atoms with Crippen molar-refractivity contribution in [3.05, 3.63) is 52.7 Å². The molecule has 0 aliphatic heterocycles. The van der Waals surface area contributed by atoms with Crippen LogP contribution in [0.2, 0.25) is 5.02 Å². The summed E-state index contributed by atoms with van der Waals surface area (Å²) in [5.74, 6) is -1.03. The number of carboxylic acid groups (broad SMARTS) is 1. The minimum Gasteiger partial charge on any atom is -0.478 e. The molecule has 0 atom stereocenters. The highest BCUT2D eigenvalue weighted by molar-refractivity contribution is 6.31. The fraction of sp³-hybridized carbons (Fsp3) is 0. The Morgan fingerprint density at radius 2 is 2.11 bits per heavy atom. The summed E-state index contributed by atoms with van der Waals surface area (Å²) < 4.78 is 0. The average Bonchev–Trinajstić information content (AvgIpc) is 2.39. The molecule has 0 amide bonds. The Morgan fingerprint density at radius 3 is 2.67 bits per heavy atom. The van der Waals surface area contributed by atoms with Crippen LogP contribution in [0.3, 0.4) is 0 Å². The van der Waals surface area contributed by atoms with E-state index in [4.69, 9.17) is 22.0 Å². The van der Waals surface area contributed by atoms with Gasteiger partial charge in [-0.3, -0.25) is 4.98 Å². The highest BCUT2D eigenvalue weighted by Gasteiger charge is 2.06. The second kappa shape index (κ2) is 4.86. The highest BCUT2D eigenvalue weighted by Crippen LogP contribution is 2.23. The summed E-state index contributed by atoms with van der Waals surface area (Å²) in [5.41, 5.74) is 1.78. The van der Waals surface area contributed by atoms with Gasteiger partial charge in [0.25, 0.3) is 0 Å². The molecule has 0 bridgehead atoms. The standard InChI is InChI=1S/C13H7ClN2O2/c14-11-3-1-8(5-10(11)6-15)12-4-2-9(7-16-12)13(17)18/h1-5,7H,(H,17,18). The molecule has 18 heavy (non-hydrogen) atoms. The van der Waals surface area contributed by atoms with Gasteiger partial charge in [0.15, 0.2) is 0 Å². The van der Waals surface area contributed by atoms with Crippen LogP contribution in [0.4, 0.5) is 0 Å². The number of benzene rings is 1.